The Bertz CT molecular complexity index is 498. The van der Waals surface area contributed by atoms with Gasteiger partial charge in [-0.2, -0.15) is 0 Å². The Morgan fingerprint density at radius 1 is 1.17 bits per heavy atom. The first kappa shape index (κ1) is 17.9. The highest BCUT2D eigenvalue weighted by molar-refractivity contribution is 5.26. The van der Waals surface area contributed by atoms with Crippen LogP contribution < -0.4 is 5.32 Å². The van der Waals surface area contributed by atoms with Gasteiger partial charge >= 0.3 is 0 Å². The lowest BCUT2D eigenvalue weighted by molar-refractivity contribution is 0.0700. The van der Waals surface area contributed by atoms with E-state index in [0.29, 0.717) is 12.1 Å². The number of piperidine rings is 1. The largest absolute Gasteiger partial charge is 0.314 e. The molecule has 2 aliphatic heterocycles. The first-order valence-electron chi connectivity index (χ1n) is 9.95. The molecule has 0 aliphatic carbocycles. The fourth-order valence-corrected chi connectivity index (χ4v) is 4.39. The summed E-state index contributed by atoms with van der Waals surface area (Å²) in [5.41, 5.74) is 2.94. The van der Waals surface area contributed by atoms with Gasteiger partial charge in [0.15, 0.2) is 0 Å². The third-order valence-electron chi connectivity index (χ3n) is 5.90. The number of likely N-dealkylation sites (tertiary alicyclic amines) is 1. The van der Waals surface area contributed by atoms with Crippen LogP contribution in [0.15, 0.2) is 24.3 Å². The number of nitrogens with zero attached hydrogens (tertiary/aromatic N) is 2. The summed E-state index contributed by atoms with van der Waals surface area (Å²) in [5.74, 6) is 0.849. The molecule has 134 valence electrons. The average molecular weight is 330 g/mol. The second-order valence-electron chi connectivity index (χ2n) is 7.91. The van der Waals surface area contributed by atoms with Crippen molar-refractivity contribution in [3.8, 4) is 0 Å². The fourth-order valence-electron chi connectivity index (χ4n) is 4.39. The maximum Gasteiger partial charge on any atom is 0.0479 e. The van der Waals surface area contributed by atoms with Gasteiger partial charge in [-0.15, -0.1) is 0 Å². The molecule has 2 saturated heterocycles. The SMILES string of the molecule is CCc1ccc(C(CN2CCCC(C)C2)N2CCNCC2C)cc1. The lowest BCUT2D eigenvalue weighted by atomic mass is 9.96. The van der Waals surface area contributed by atoms with E-state index in [-0.39, 0.29) is 0 Å². The van der Waals surface area contributed by atoms with Gasteiger partial charge in [0, 0.05) is 44.8 Å². The lowest BCUT2D eigenvalue weighted by Crippen LogP contribution is -2.53. The summed E-state index contributed by atoms with van der Waals surface area (Å²) < 4.78 is 0. The zero-order valence-electron chi connectivity index (χ0n) is 15.8. The number of hydrogen-bond donors (Lipinski definition) is 1. The predicted molar refractivity (Wildman–Crippen MR) is 102 cm³/mol. The minimum Gasteiger partial charge on any atom is -0.314 e. The molecule has 1 aromatic rings. The van der Waals surface area contributed by atoms with E-state index in [0.717, 1.165) is 32.0 Å². The normalized spacial score (nSPS) is 28.0. The van der Waals surface area contributed by atoms with Crippen LogP contribution in [0.1, 0.15) is 50.8 Å². The smallest absolute Gasteiger partial charge is 0.0479 e. The number of aryl methyl sites for hydroxylation is 1. The molecule has 3 nitrogen and oxygen atoms in total. The summed E-state index contributed by atoms with van der Waals surface area (Å²) in [6, 6.07) is 10.6. The molecule has 3 atom stereocenters. The zero-order chi connectivity index (χ0) is 16.9. The molecule has 3 unspecified atom stereocenters. The van der Waals surface area contributed by atoms with Gasteiger partial charge in [0.25, 0.3) is 0 Å². The Balaban J connectivity index is 1.79. The van der Waals surface area contributed by atoms with Gasteiger partial charge in [-0.3, -0.25) is 4.90 Å². The number of hydrogen-bond acceptors (Lipinski definition) is 3. The van der Waals surface area contributed by atoms with Gasteiger partial charge in [0.05, 0.1) is 0 Å². The second-order valence-corrected chi connectivity index (χ2v) is 7.91. The number of benzene rings is 1. The van der Waals surface area contributed by atoms with Crippen LogP contribution in [0.4, 0.5) is 0 Å². The van der Waals surface area contributed by atoms with Crippen molar-refractivity contribution in [3.05, 3.63) is 35.4 Å². The van der Waals surface area contributed by atoms with E-state index in [1.807, 2.05) is 0 Å². The third kappa shape index (κ3) is 4.38. The van der Waals surface area contributed by atoms with Crippen molar-refractivity contribution in [1.29, 1.82) is 0 Å². The van der Waals surface area contributed by atoms with Crippen LogP contribution in [0.25, 0.3) is 0 Å². The Morgan fingerprint density at radius 2 is 1.96 bits per heavy atom. The van der Waals surface area contributed by atoms with Crippen molar-refractivity contribution in [2.75, 3.05) is 39.3 Å². The van der Waals surface area contributed by atoms with Crippen LogP contribution in [0.2, 0.25) is 0 Å². The summed E-state index contributed by atoms with van der Waals surface area (Å²) in [7, 11) is 0. The van der Waals surface area contributed by atoms with E-state index in [4.69, 9.17) is 0 Å². The molecule has 0 amide bonds. The Labute approximate surface area is 148 Å². The van der Waals surface area contributed by atoms with Gasteiger partial charge in [0.1, 0.15) is 0 Å². The summed E-state index contributed by atoms with van der Waals surface area (Å²) in [4.78, 5) is 5.44. The predicted octanol–water partition coefficient (Wildman–Crippen LogP) is 3.32. The molecule has 2 heterocycles. The Morgan fingerprint density at radius 3 is 2.62 bits per heavy atom. The van der Waals surface area contributed by atoms with Crippen LogP contribution in [0.3, 0.4) is 0 Å². The Hall–Kier alpha value is -0.900. The van der Waals surface area contributed by atoms with Crippen LogP contribution in [-0.2, 0) is 6.42 Å². The van der Waals surface area contributed by atoms with Crippen LogP contribution >= 0.6 is 0 Å². The molecule has 0 saturated carbocycles. The molecular formula is C21H35N3. The average Bonchev–Trinajstić information content (AvgIpc) is 2.61. The maximum absolute atomic E-state index is 3.54. The molecule has 24 heavy (non-hydrogen) atoms. The molecule has 0 radical (unpaired) electrons. The maximum atomic E-state index is 3.54. The van der Waals surface area contributed by atoms with E-state index >= 15 is 0 Å². The van der Waals surface area contributed by atoms with E-state index in [1.54, 1.807) is 0 Å². The number of nitrogens with one attached hydrogen (secondary N) is 1. The van der Waals surface area contributed by atoms with Crippen LogP contribution in [0.5, 0.6) is 0 Å². The highest BCUT2D eigenvalue weighted by atomic mass is 15.3. The summed E-state index contributed by atoms with van der Waals surface area (Å²) in [6.45, 7) is 14.1. The zero-order valence-corrected chi connectivity index (χ0v) is 15.8. The van der Waals surface area contributed by atoms with Crippen molar-refractivity contribution >= 4 is 0 Å². The van der Waals surface area contributed by atoms with Gasteiger partial charge in [-0.1, -0.05) is 38.1 Å². The standard InChI is InChI=1S/C21H35N3/c1-4-19-7-9-20(10-8-19)21(24-13-11-22-14-18(24)3)16-23-12-5-6-17(2)15-23/h7-10,17-18,21-22H,4-6,11-16H2,1-3H3. The van der Waals surface area contributed by atoms with E-state index in [1.165, 1.54) is 43.6 Å². The minimum absolute atomic E-state index is 0.526. The molecular weight excluding hydrogens is 294 g/mol. The van der Waals surface area contributed by atoms with Crippen molar-refractivity contribution in [2.45, 2.75) is 52.1 Å². The monoisotopic (exact) mass is 329 g/mol. The summed E-state index contributed by atoms with van der Waals surface area (Å²) >= 11 is 0. The first-order chi connectivity index (χ1) is 11.7. The summed E-state index contributed by atoms with van der Waals surface area (Å²) in [5, 5.41) is 3.54. The van der Waals surface area contributed by atoms with Crippen molar-refractivity contribution in [2.24, 2.45) is 5.92 Å². The second kappa shape index (κ2) is 8.46. The highest BCUT2D eigenvalue weighted by Gasteiger charge is 2.29. The molecule has 0 aromatic heterocycles. The Kier molecular flexibility index (Phi) is 6.31. The van der Waals surface area contributed by atoms with Crippen LogP contribution in [0, 0.1) is 5.92 Å². The van der Waals surface area contributed by atoms with Crippen molar-refractivity contribution in [3.63, 3.8) is 0 Å². The minimum atomic E-state index is 0.526. The lowest BCUT2D eigenvalue weighted by Gasteiger charge is -2.43. The molecule has 0 bridgehead atoms. The van der Waals surface area contributed by atoms with Crippen molar-refractivity contribution < 1.29 is 0 Å². The van der Waals surface area contributed by atoms with Gasteiger partial charge in [0.2, 0.25) is 0 Å². The highest BCUT2D eigenvalue weighted by Crippen LogP contribution is 2.27. The molecule has 1 aromatic carbocycles. The van der Waals surface area contributed by atoms with Gasteiger partial charge < -0.3 is 10.2 Å². The molecule has 2 aliphatic rings. The topological polar surface area (TPSA) is 18.5 Å². The van der Waals surface area contributed by atoms with Crippen LogP contribution in [-0.4, -0.2) is 55.1 Å². The number of piperazine rings is 1. The van der Waals surface area contributed by atoms with E-state index in [9.17, 15) is 0 Å². The quantitative estimate of drug-likeness (QED) is 0.894. The summed E-state index contributed by atoms with van der Waals surface area (Å²) in [6.07, 6.45) is 3.88. The third-order valence-corrected chi connectivity index (χ3v) is 5.90. The molecule has 3 rings (SSSR count). The first-order valence-corrected chi connectivity index (χ1v) is 9.95. The van der Waals surface area contributed by atoms with E-state index in [2.05, 4.69) is 60.2 Å². The molecule has 0 spiro atoms. The van der Waals surface area contributed by atoms with Gasteiger partial charge in [-0.25, -0.2) is 0 Å². The fraction of sp³-hybridized carbons (Fsp3) is 0.714. The van der Waals surface area contributed by atoms with E-state index < -0.39 is 0 Å². The molecule has 3 heteroatoms. The van der Waals surface area contributed by atoms with Gasteiger partial charge in [-0.05, 0) is 49.8 Å². The van der Waals surface area contributed by atoms with Crippen molar-refractivity contribution in [1.82, 2.24) is 15.1 Å². The molecule has 2 fully saturated rings. The number of rotatable bonds is 5. The molecule has 1 N–H and O–H groups in total.